The molecule has 1 heterocycles. The molecule has 0 aliphatic heterocycles. The number of H-pyrrole nitrogens is 1. The van der Waals surface area contributed by atoms with Crippen molar-refractivity contribution in [3.8, 4) is 11.4 Å². The lowest BCUT2D eigenvalue weighted by Crippen LogP contribution is -1.86. The van der Waals surface area contributed by atoms with Crippen LogP contribution in [0.15, 0.2) is 28.9 Å². The van der Waals surface area contributed by atoms with Crippen molar-refractivity contribution in [2.45, 2.75) is 13.8 Å². The van der Waals surface area contributed by atoms with E-state index in [1.807, 2.05) is 25.3 Å². The summed E-state index contributed by atoms with van der Waals surface area (Å²) in [7, 11) is 0. The van der Waals surface area contributed by atoms with Crippen LogP contribution in [-0.2, 0) is 0 Å². The molecule has 0 aliphatic rings. The molecule has 0 aliphatic carbocycles. The summed E-state index contributed by atoms with van der Waals surface area (Å²) in [6, 6.07) is 6.12. The standard InChI is InChI=1S/C11H11BrN2/c1-7-6-13-11(14-7)9-4-3-5-10(12)8(9)2/h3-6H,1-2H3,(H,13,14). The minimum absolute atomic E-state index is 0.932. The zero-order chi connectivity index (χ0) is 10.1. The van der Waals surface area contributed by atoms with E-state index in [0.717, 1.165) is 21.6 Å². The second-order valence-electron chi connectivity index (χ2n) is 3.33. The fraction of sp³-hybridized carbons (Fsp3) is 0.182. The van der Waals surface area contributed by atoms with Crippen molar-refractivity contribution in [2.24, 2.45) is 0 Å². The molecule has 2 aromatic rings. The highest BCUT2D eigenvalue weighted by Gasteiger charge is 2.06. The quantitative estimate of drug-likeness (QED) is 0.826. The van der Waals surface area contributed by atoms with Crippen LogP contribution in [0.25, 0.3) is 11.4 Å². The van der Waals surface area contributed by atoms with Gasteiger partial charge in [-0.15, -0.1) is 0 Å². The molecule has 0 fully saturated rings. The van der Waals surface area contributed by atoms with E-state index >= 15 is 0 Å². The van der Waals surface area contributed by atoms with Crippen molar-refractivity contribution < 1.29 is 0 Å². The maximum absolute atomic E-state index is 4.31. The highest BCUT2D eigenvalue weighted by molar-refractivity contribution is 9.10. The Kier molecular flexibility index (Phi) is 2.42. The molecule has 1 aromatic heterocycles. The van der Waals surface area contributed by atoms with Crippen molar-refractivity contribution in [3.63, 3.8) is 0 Å². The summed E-state index contributed by atoms with van der Waals surface area (Å²) in [4.78, 5) is 7.54. The van der Waals surface area contributed by atoms with Gasteiger partial charge in [-0.3, -0.25) is 0 Å². The highest BCUT2D eigenvalue weighted by Crippen LogP contribution is 2.26. The van der Waals surface area contributed by atoms with E-state index in [9.17, 15) is 0 Å². The monoisotopic (exact) mass is 250 g/mol. The van der Waals surface area contributed by atoms with E-state index in [2.05, 4.69) is 38.9 Å². The van der Waals surface area contributed by atoms with Gasteiger partial charge in [0.05, 0.1) is 0 Å². The Bertz CT molecular complexity index is 460. The van der Waals surface area contributed by atoms with Crippen LogP contribution in [0.4, 0.5) is 0 Å². The van der Waals surface area contributed by atoms with E-state index in [-0.39, 0.29) is 0 Å². The number of aryl methyl sites for hydroxylation is 1. The van der Waals surface area contributed by atoms with Gasteiger partial charge >= 0.3 is 0 Å². The van der Waals surface area contributed by atoms with Gasteiger partial charge in [-0.25, -0.2) is 4.98 Å². The Morgan fingerprint density at radius 3 is 2.71 bits per heavy atom. The van der Waals surface area contributed by atoms with Crippen LogP contribution < -0.4 is 0 Å². The van der Waals surface area contributed by atoms with Gasteiger partial charge in [-0.2, -0.15) is 0 Å². The average molecular weight is 251 g/mol. The van der Waals surface area contributed by atoms with Crippen molar-refractivity contribution >= 4 is 15.9 Å². The van der Waals surface area contributed by atoms with Crippen LogP contribution in [0.1, 0.15) is 11.3 Å². The summed E-state index contributed by atoms with van der Waals surface area (Å²) in [5.74, 6) is 0.932. The minimum atomic E-state index is 0.932. The third-order valence-electron chi connectivity index (χ3n) is 2.23. The number of hydrogen-bond acceptors (Lipinski definition) is 1. The summed E-state index contributed by atoms with van der Waals surface area (Å²) in [5, 5.41) is 0. The molecule has 3 heteroatoms. The van der Waals surface area contributed by atoms with Gasteiger partial charge in [-0.05, 0) is 25.5 Å². The second kappa shape index (κ2) is 3.58. The number of nitrogens with zero attached hydrogens (tertiary/aromatic N) is 1. The van der Waals surface area contributed by atoms with Gasteiger partial charge in [0, 0.05) is 21.9 Å². The molecule has 0 amide bonds. The first-order valence-corrected chi connectivity index (χ1v) is 5.25. The molecule has 2 rings (SSSR count). The van der Waals surface area contributed by atoms with E-state index < -0.39 is 0 Å². The number of rotatable bonds is 1. The Balaban J connectivity index is 2.57. The Hall–Kier alpha value is -1.09. The van der Waals surface area contributed by atoms with Gasteiger partial charge in [0.2, 0.25) is 0 Å². The maximum Gasteiger partial charge on any atom is 0.137 e. The Labute approximate surface area is 91.5 Å². The number of aromatic amines is 1. The minimum Gasteiger partial charge on any atom is -0.342 e. The van der Waals surface area contributed by atoms with Gasteiger partial charge in [0.25, 0.3) is 0 Å². The average Bonchev–Trinajstić information content (AvgIpc) is 2.57. The predicted molar refractivity (Wildman–Crippen MR) is 61.2 cm³/mol. The molecule has 1 aromatic carbocycles. The van der Waals surface area contributed by atoms with E-state index in [1.54, 1.807) is 0 Å². The summed E-state index contributed by atoms with van der Waals surface area (Å²) >= 11 is 3.51. The summed E-state index contributed by atoms with van der Waals surface area (Å²) in [5.41, 5.74) is 3.44. The van der Waals surface area contributed by atoms with E-state index in [4.69, 9.17) is 0 Å². The zero-order valence-electron chi connectivity index (χ0n) is 8.13. The first kappa shape index (κ1) is 9.46. The third-order valence-corrected chi connectivity index (χ3v) is 3.08. The van der Waals surface area contributed by atoms with Crippen molar-refractivity contribution in [1.82, 2.24) is 9.97 Å². The van der Waals surface area contributed by atoms with Crippen LogP contribution in [0.3, 0.4) is 0 Å². The highest BCUT2D eigenvalue weighted by atomic mass is 79.9. The molecular weight excluding hydrogens is 240 g/mol. The first-order chi connectivity index (χ1) is 6.68. The molecule has 2 nitrogen and oxygen atoms in total. The smallest absolute Gasteiger partial charge is 0.137 e. The molecule has 0 bridgehead atoms. The molecular formula is C11H11BrN2. The fourth-order valence-corrected chi connectivity index (χ4v) is 1.78. The Morgan fingerprint density at radius 2 is 2.07 bits per heavy atom. The summed E-state index contributed by atoms with van der Waals surface area (Å²) in [6.45, 7) is 4.08. The molecule has 0 radical (unpaired) electrons. The van der Waals surface area contributed by atoms with E-state index in [0.29, 0.717) is 0 Å². The maximum atomic E-state index is 4.31. The lowest BCUT2D eigenvalue weighted by molar-refractivity contribution is 1.24. The zero-order valence-corrected chi connectivity index (χ0v) is 9.72. The summed E-state index contributed by atoms with van der Waals surface area (Å²) in [6.07, 6.45) is 1.84. The Morgan fingerprint density at radius 1 is 1.29 bits per heavy atom. The van der Waals surface area contributed by atoms with Gasteiger partial charge < -0.3 is 4.98 Å². The lowest BCUT2D eigenvalue weighted by atomic mass is 10.1. The van der Waals surface area contributed by atoms with Crippen LogP contribution >= 0.6 is 15.9 Å². The number of nitrogens with one attached hydrogen (secondary N) is 1. The van der Waals surface area contributed by atoms with Crippen LogP contribution in [-0.4, -0.2) is 9.97 Å². The lowest BCUT2D eigenvalue weighted by Gasteiger charge is -2.03. The third kappa shape index (κ3) is 1.60. The molecule has 1 N–H and O–H groups in total. The van der Waals surface area contributed by atoms with Crippen LogP contribution in [0, 0.1) is 13.8 Å². The number of hydrogen-bond donors (Lipinski definition) is 1. The number of imidazole rings is 1. The van der Waals surface area contributed by atoms with Crippen molar-refractivity contribution in [1.29, 1.82) is 0 Å². The molecule has 0 saturated carbocycles. The SMILES string of the molecule is Cc1cnc(-c2cccc(Br)c2C)[nH]1. The van der Waals surface area contributed by atoms with Crippen molar-refractivity contribution in [2.75, 3.05) is 0 Å². The van der Waals surface area contributed by atoms with Gasteiger partial charge in [0.1, 0.15) is 5.82 Å². The molecule has 0 unspecified atom stereocenters. The molecule has 0 atom stereocenters. The molecule has 72 valence electrons. The summed E-state index contributed by atoms with van der Waals surface area (Å²) < 4.78 is 1.11. The normalized spacial score (nSPS) is 10.5. The number of benzene rings is 1. The topological polar surface area (TPSA) is 28.7 Å². The molecule has 0 saturated heterocycles. The van der Waals surface area contributed by atoms with Crippen molar-refractivity contribution in [3.05, 3.63) is 40.1 Å². The largest absolute Gasteiger partial charge is 0.342 e. The molecule has 0 spiro atoms. The van der Waals surface area contributed by atoms with Crippen LogP contribution in [0.5, 0.6) is 0 Å². The fourth-order valence-electron chi connectivity index (χ4n) is 1.41. The van der Waals surface area contributed by atoms with Gasteiger partial charge in [0.15, 0.2) is 0 Å². The number of halogens is 1. The second-order valence-corrected chi connectivity index (χ2v) is 4.18. The molecule has 14 heavy (non-hydrogen) atoms. The van der Waals surface area contributed by atoms with Crippen LogP contribution in [0.2, 0.25) is 0 Å². The number of aromatic nitrogens is 2. The van der Waals surface area contributed by atoms with Gasteiger partial charge in [-0.1, -0.05) is 28.1 Å². The first-order valence-electron chi connectivity index (χ1n) is 4.45. The predicted octanol–water partition coefficient (Wildman–Crippen LogP) is 3.46. The van der Waals surface area contributed by atoms with E-state index in [1.165, 1.54) is 5.56 Å².